The first-order chi connectivity index (χ1) is 6.57. The molecule has 6 nitrogen and oxygen atoms in total. The fourth-order valence-corrected chi connectivity index (χ4v) is 1.10. The van der Waals surface area contributed by atoms with Crippen molar-refractivity contribution in [3.63, 3.8) is 0 Å². The van der Waals surface area contributed by atoms with Gasteiger partial charge in [0.25, 0.3) is 0 Å². The summed E-state index contributed by atoms with van der Waals surface area (Å²) in [6.45, 7) is 1.63. The number of aromatic nitrogens is 2. The number of hydrogen-bond acceptors (Lipinski definition) is 5. The van der Waals surface area contributed by atoms with Crippen molar-refractivity contribution in [2.24, 2.45) is 7.05 Å². The van der Waals surface area contributed by atoms with Crippen LogP contribution in [-0.2, 0) is 16.5 Å². The van der Waals surface area contributed by atoms with Gasteiger partial charge in [-0.15, -0.1) is 0 Å². The van der Waals surface area contributed by atoms with Gasteiger partial charge in [0, 0.05) is 14.2 Å². The van der Waals surface area contributed by atoms with Gasteiger partial charge in [0.2, 0.25) is 0 Å². The fraction of sp³-hybridized carbons (Fsp3) is 0.500. The van der Waals surface area contributed by atoms with Crippen LogP contribution >= 0.6 is 0 Å². The van der Waals surface area contributed by atoms with Gasteiger partial charge in [0.05, 0.1) is 11.4 Å². The maximum absolute atomic E-state index is 11.4. The van der Waals surface area contributed by atoms with Crippen LogP contribution in [0.1, 0.15) is 16.2 Å². The average Bonchev–Trinajstić information content (AvgIpc) is 2.38. The second kappa shape index (κ2) is 4.10. The molecule has 6 heteroatoms. The van der Waals surface area contributed by atoms with Gasteiger partial charge in [-0.05, 0) is 6.92 Å². The van der Waals surface area contributed by atoms with E-state index in [2.05, 4.69) is 9.84 Å². The number of nitrogens with zero attached hydrogens (tertiary/aromatic N) is 2. The standard InChI is InChI=1S/C8H13N3O3/c1-5-6(9)7(11(2)10-5)8(12)14-4-13-3/h4,9H2,1-3H3. The van der Waals surface area contributed by atoms with E-state index in [0.717, 1.165) is 0 Å². The highest BCUT2D eigenvalue weighted by molar-refractivity contribution is 5.93. The minimum absolute atomic E-state index is 0.0947. The van der Waals surface area contributed by atoms with E-state index in [1.807, 2.05) is 0 Å². The van der Waals surface area contributed by atoms with Crippen LogP contribution in [0.3, 0.4) is 0 Å². The molecule has 0 amide bonds. The molecule has 0 aromatic carbocycles. The van der Waals surface area contributed by atoms with Crippen molar-refractivity contribution in [1.82, 2.24) is 9.78 Å². The van der Waals surface area contributed by atoms with Gasteiger partial charge in [-0.1, -0.05) is 0 Å². The summed E-state index contributed by atoms with van der Waals surface area (Å²) in [6, 6.07) is 0. The lowest BCUT2D eigenvalue weighted by molar-refractivity contribution is -0.0132. The Kier molecular flexibility index (Phi) is 3.08. The molecule has 0 bridgehead atoms. The number of carbonyl (C=O) groups is 1. The molecule has 1 aromatic rings. The highest BCUT2D eigenvalue weighted by Crippen LogP contribution is 2.15. The Balaban J connectivity index is 2.89. The molecule has 1 rings (SSSR count). The molecule has 0 radical (unpaired) electrons. The maximum Gasteiger partial charge on any atom is 0.360 e. The third-order valence-electron chi connectivity index (χ3n) is 1.77. The molecule has 0 aliphatic heterocycles. The van der Waals surface area contributed by atoms with Gasteiger partial charge in [-0.3, -0.25) is 4.68 Å². The van der Waals surface area contributed by atoms with Gasteiger partial charge in [0.1, 0.15) is 0 Å². The van der Waals surface area contributed by atoms with Crippen LogP contribution in [0.4, 0.5) is 5.69 Å². The Labute approximate surface area is 81.6 Å². The summed E-state index contributed by atoms with van der Waals surface area (Å²) in [6.07, 6.45) is 0. The molecule has 0 atom stereocenters. The van der Waals surface area contributed by atoms with Gasteiger partial charge in [0.15, 0.2) is 12.5 Å². The van der Waals surface area contributed by atoms with E-state index in [1.54, 1.807) is 14.0 Å². The minimum atomic E-state index is -0.535. The zero-order chi connectivity index (χ0) is 10.7. The Hall–Kier alpha value is -1.56. The third kappa shape index (κ3) is 1.85. The lowest BCUT2D eigenvalue weighted by Crippen LogP contribution is -2.13. The largest absolute Gasteiger partial charge is 0.434 e. The highest BCUT2D eigenvalue weighted by atomic mass is 16.7. The predicted octanol–water partition coefficient (Wildman–Crippen LogP) is 0.0714. The van der Waals surface area contributed by atoms with Crippen molar-refractivity contribution < 1.29 is 14.3 Å². The van der Waals surface area contributed by atoms with E-state index in [0.29, 0.717) is 11.4 Å². The number of nitrogens with two attached hydrogens (primary N) is 1. The number of methoxy groups -OCH3 is 1. The first kappa shape index (κ1) is 10.5. The van der Waals surface area contributed by atoms with E-state index in [-0.39, 0.29) is 12.5 Å². The average molecular weight is 199 g/mol. The summed E-state index contributed by atoms with van der Waals surface area (Å²) < 4.78 is 10.7. The van der Waals surface area contributed by atoms with Gasteiger partial charge < -0.3 is 15.2 Å². The van der Waals surface area contributed by atoms with E-state index < -0.39 is 5.97 Å². The Morgan fingerprint density at radius 2 is 2.29 bits per heavy atom. The predicted molar refractivity (Wildman–Crippen MR) is 49.6 cm³/mol. The normalized spacial score (nSPS) is 10.2. The highest BCUT2D eigenvalue weighted by Gasteiger charge is 2.18. The molecular formula is C8H13N3O3. The molecule has 78 valence electrons. The molecule has 2 N–H and O–H groups in total. The number of rotatable bonds is 3. The first-order valence-corrected chi connectivity index (χ1v) is 4.03. The Bertz CT molecular complexity index is 346. The summed E-state index contributed by atoms with van der Waals surface area (Å²) in [5.41, 5.74) is 6.85. The number of carbonyl (C=O) groups excluding carboxylic acids is 1. The molecule has 1 aromatic heterocycles. The quantitative estimate of drug-likeness (QED) is 0.550. The van der Waals surface area contributed by atoms with Crippen LogP contribution in [0.2, 0.25) is 0 Å². The van der Waals surface area contributed by atoms with Gasteiger partial charge >= 0.3 is 5.97 Å². The summed E-state index contributed by atoms with van der Waals surface area (Å²) >= 11 is 0. The lowest BCUT2D eigenvalue weighted by Gasteiger charge is -2.03. The molecule has 0 aliphatic rings. The molecule has 0 saturated carbocycles. The summed E-state index contributed by atoms with van der Waals surface area (Å²) in [7, 11) is 3.07. The van der Waals surface area contributed by atoms with Crippen molar-refractivity contribution in [3.05, 3.63) is 11.4 Å². The number of nitrogen functional groups attached to an aromatic ring is 1. The second-order valence-corrected chi connectivity index (χ2v) is 2.81. The minimum Gasteiger partial charge on any atom is -0.434 e. The fourth-order valence-electron chi connectivity index (χ4n) is 1.10. The molecule has 0 unspecified atom stereocenters. The molecular weight excluding hydrogens is 186 g/mol. The monoisotopic (exact) mass is 199 g/mol. The number of esters is 1. The van der Waals surface area contributed by atoms with Gasteiger partial charge in [-0.2, -0.15) is 5.10 Å². The third-order valence-corrected chi connectivity index (χ3v) is 1.77. The second-order valence-electron chi connectivity index (χ2n) is 2.81. The summed E-state index contributed by atoms with van der Waals surface area (Å²) in [4.78, 5) is 11.4. The lowest BCUT2D eigenvalue weighted by atomic mass is 10.3. The Morgan fingerprint density at radius 1 is 1.64 bits per heavy atom. The number of hydrogen-bond donors (Lipinski definition) is 1. The zero-order valence-electron chi connectivity index (χ0n) is 8.40. The molecule has 0 fully saturated rings. The van der Waals surface area contributed by atoms with Crippen LogP contribution < -0.4 is 5.73 Å². The number of aryl methyl sites for hydroxylation is 2. The maximum atomic E-state index is 11.4. The van der Waals surface area contributed by atoms with Crippen LogP contribution in [0, 0.1) is 6.92 Å². The molecule has 0 saturated heterocycles. The van der Waals surface area contributed by atoms with Crippen molar-refractivity contribution in [1.29, 1.82) is 0 Å². The number of anilines is 1. The SMILES string of the molecule is COCOC(=O)c1c(N)c(C)nn1C. The van der Waals surface area contributed by atoms with Crippen LogP contribution in [0.15, 0.2) is 0 Å². The van der Waals surface area contributed by atoms with Crippen LogP contribution in [-0.4, -0.2) is 29.7 Å². The van der Waals surface area contributed by atoms with E-state index in [1.165, 1.54) is 11.8 Å². The van der Waals surface area contributed by atoms with Crippen LogP contribution in [0.25, 0.3) is 0 Å². The van der Waals surface area contributed by atoms with E-state index in [4.69, 9.17) is 10.5 Å². The molecule has 0 spiro atoms. The zero-order valence-corrected chi connectivity index (χ0v) is 8.40. The summed E-state index contributed by atoms with van der Waals surface area (Å²) in [5.74, 6) is -0.535. The molecule has 14 heavy (non-hydrogen) atoms. The van der Waals surface area contributed by atoms with Crippen molar-refractivity contribution in [2.45, 2.75) is 6.92 Å². The molecule has 1 heterocycles. The van der Waals surface area contributed by atoms with Crippen LogP contribution in [0.5, 0.6) is 0 Å². The first-order valence-electron chi connectivity index (χ1n) is 4.03. The number of ether oxygens (including phenoxy) is 2. The van der Waals surface area contributed by atoms with Crippen molar-refractivity contribution in [2.75, 3.05) is 19.6 Å². The topological polar surface area (TPSA) is 79.4 Å². The van der Waals surface area contributed by atoms with Crippen molar-refractivity contribution in [3.8, 4) is 0 Å². The van der Waals surface area contributed by atoms with Gasteiger partial charge in [-0.25, -0.2) is 4.79 Å². The Morgan fingerprint density at radius 3 is 2.71 bits per heavy atom. The van der Waals surface area contributed by atoms with E-state index in [9.17, 15) is 4.79 Å². The molecule has 0 aliphatic carbocycles. The summed E-state index contributed by atoms with van der Waals surface area (Å²) in [5, 5.41) is 3.99. The van der Waals surface area contributed by atoms with Crippen molar-refractivity contribution >= 4 is 11.7 Å². The smallest absolute Gasteiger partial charge is 0.360 e. The van der Waals surface area contributed by atoms with E-state index >= 15 is 0 Å².